The topological polar surface area (TPSA) is 115 Å². The highest BCUT2D eigenvalue weighted by molar-refractivity contribution is 7.89. The van der Waals surface area contributed by atoms with E-state index in [-0.39, 0.29) is 17.2 Å². The molecule has 7 nitrogen and oxygen atoms in total. The van der Waals surface area contributed by atoms with Gasteiger partial charge < -0.3 is 15.2 Å². The molecule has 2 N–H and O–H groups in total. The quantitative estimate of drug-likeness (QED) is 0.723. The minimum Gasteiger partial charge on any atom is -0.548 e. The third kappa shape index (κ3) is 5.55. The van der Waals surface area contributed by atoms with Gasteiger partial charge in [-0.1, -0.05) is 23.7 Å². The van der Waals surface area contributed by atoms with Gasteiger partial charge in [0.15, 0.2) is 0 Å². The number of hydrogen-bond acceptors (Lipinski definition) is 5. The fraction of sp³-hybridized carbons (Fsp3) is 0.176. The van der Waals surface area contributed by atoms with Gasteiger partial charge in [0.05, 0.1) is 16.9 Å². The monoisotopic (exact) mass is 395 g/mol. The summed E-state index contributed by atoms with van der Waals surface area (Å²) in [5.41, 5.74) is 1.02. The van der Waals surface area contributed by atoms with E-state index in [0.717, 1.165) is 0 Å². The average Bonchev–Trinajstić information content (AvgIpc) is 2.56. The van der Waals surface area contributed by atoms with Gasteiger partial charge >= 0.3 is 0 Å². The van der Waals surface area contributed by atoms with Gasteiger partial charge in [0.1, 0.15) is 0 Å². The first kappa shape index (κ1) is 19.9. The SMILES string of the molecule is CC(=O)Nc1ccc(S(=O)(=O)NC(Cc2ccc(Cl)cc2)C(=O)[O-])cc1. The Morgan fingerprint density at radius 1 is 1.08 bits per heavy atom. The largest absolute Gasteiger partial charge is 0.548 e. The molecule has 0 fully saturated rings. The lowest BCUT2D eigenvalue weighted by atomic mass is 10.1. The zero-order valence-corrected chi connectivity index (χ0v) is 15.3. The first-order valence-corrected chi connectivity index (χ1v) is 9.39. The van der Waals surface area contributed by atoms with Gasteiger partial charge in [0, 0.05) is 17.6 Å². The van der Waals surface area contributed by atoms with Crippen molar-refractivity contribution in [3.05, 3.63) is 59.1 Å². The number of nitrogens with one attached hydrogen (secondary N) is 2. The van der Waals surface area contributed by atoms with E-state index in [1.165, 1.54) is 31.2 Å². The smallest absolute Gasteiger partial charge is 0.241 e. The standard InChI is InChI=1S/C17H17ClN2O5S/c1-11(21)19-14-6-8-15(9-7-14)26(24,25)20-16(17(22)23)10-12-2-4-13(18)5-3-12/h2-9,16,20H,10H2,1H3,(H,19,21)(H,22,23)/p-1. The molecule has 1 atom stereocenters. The Hall–Kier alpha value is -2.42. The number of hydrogen-bond donors (Lipinski definition) is 2. The van der Waals surface area contributed by atoms with Crippen molar-refractivity contribution in [3.8, 4) is 0 Å². The summed E-state index contributed by atoms with van der Waals surface area (Å²) in [5, 5.41) is 14.3. The maximum absolute atomic E-state index is 12.4. The molecule has 0 heterocycles. The Bertz CT molecular complexity index is 896. The minimum absolute atomic E-state index is 0.0945. The molecule has 0 radical (unpaired) electrons. The minimum atomic E-state index is -4.09. The van der Waals surface area contributed by atoms with E-state index in [9.17, 15) is 23.1 Å². The lowest BCUT2D eigenvalue weighted by molar-refractivity contribution is -0.307. The summed E-state index contributed by atoms with van der Waals surface area (Å²) in [7, 11) is -4.09. The molecular weight excluding hydrogens is 380 g/mol. The van der Waals surface area contributed by atoms with Crippen LogP contribution in [0.1, 0.15) is 12.5 Å². The van der Waals surface area contributed by atoms with Gasteiger partial charge in [0.25, 0.3) is 0 Å². The molecule has 2 rings (SSSR count). The molecule has 0 spiro atoms. The van der Waals surface area contributed by atoms with Crippen LogP contribution < -0.4 is 15.1 Å². The van der Waals surface area contributed by atoms with Gasteiger partial charge in [-0.05, 0) is 48.4 Å². The van der Waals surface area contributed by atoms with E-state index >= 15 is 0 Å². The summed E-state index contributed by atoms with van der Waals surface area (Å²) in [5.74, 6) is -1.84. The molecule has 9 heteroatoms. The number of sulfonamides is 1. The van der Waals surface area contributed by atoms with Crippen molar-refractivity contribution in [2.75, 3.05) is 5.32 Å². The molecule has 0 aliphatic carbocycles. The Morgan fingerprint density at radius 2 is 1.65 bits per heavy atom. The number of carbonyl (C=O) groups excluding carboxylic acids is 2. The second-order valence-electron chi connectivity index (χ2n) is 5.53. The van der Waals surface area contributed by atoms with Crippen LogP contribution in [0, 0.1) is 0 Å². The molecular formula is C17H16ClN2O5S-. The van der Waals surface area contributed by atoms with Crippen molar-refractivity contribution in [3.63, 3.8) is 0 Å². The maximum atomic E-state index is 12.4. The lowest BCUT2D eigenvalue weighted by Crippen LogP contribution is -2.49. The Kier molecular flexibility index (Phi) is 6.36. The summed E-state index contributed by atoms with van der Waals surface area (Å²) in [6.45, 7) is 1.33. The normalized spacial score (nSPS) is 12.4. The highest BCUT2D eigenvalue weighted by atomic mass is 35.5. The summed E-state index contributed by atoms with van der Waals surface area (Å²) in [4.78, 5) is 22.2. The van der Waals surface area contributed by atoms with E-state index < -0.39 is 22.0 Å². The molecule has 0 aliphatic heterocycles. The van der Waals surface area contributed by atoms with E-state index in [1.807, 2.05) is 0 Å². The van der Waals surface area contributed by atoms with Crippen molar-refractivity contribution in [2.24, 2.45) is 0 Å². The highest BCUT2D eigenvalue weighted by Gasteiger charge is 2.21. The third-order valence-corrected chi connectivity index (χ3v) is 5.16. The van der Waals surface area contributed by atoms with Gasteiger partial charge in [-0.25, -0.2) is 13.1 Å². The number of halogens is 1. The van der Waals surface area contributed by atoms with E-state index in [0.29, 0.717) is 16.3 Å². The third-order valence-electron chi connectivity index (χ3n) is 3.42. The summed E-state index contributed by atoms with van der Waals surface area (Å²) in [6.07, 6.45) is -0.0945. The number of carboxylic acids is 1. The molecule has 138 valence electrons. The summed E-state index contributed by atoms with van der Waals surface area (Å²) >= 11 is 5.78. The van der Waals surface area contributed by atoms with Gasteiger partial charge in [-0.3, -0.25) is 4.79 Å². The van der Waals surface area contributed by atoms with Crippen molar-refractivity contribution < 1.29 is 23.1 Å². The molecule has 0 aliphatic rings. The zero-order chi connectivity index (χ0) is 19.3. The van der Waals surface area contributed by atoms with Crippen LogP contribution in [-0.4, -0.2) is 26.3 Å². The van der Waals surface area contributed by atoms with E-state index in [4.69, 9.17) is 11.6 Å². The molecule has 1 amide bonds. The summed E-state index contributed by atoms with van der Waals surface area (Å²) < 4.78 is 27.0. The molecule has 0 aromatic heterocycles. The number of benzene rings is 2. The zero-order valence-electron chi connectivity index (χ0n) is 13.7. The first-order valence-electron chi connectivity index (χ1n) is 7.52. The van der Waals surface area contributed by atoms with Crippen LogP contribution in [0.3, 0.4) is 0 Å². The van der Waals surface area contributed by atoms with E-state index in [1.54, 1.807) is 24.3 Å². The van der Waals surface area contributed by atoms with Crippen LogP contribution in [-0.2, 0) is 26.0 Å². The summed E-state index contributed by atoms with van der Waals surface area (Å²) in [6, 6.07) is 10.3. The van der Waals surface area contributed by atoms with Gasteiger partial charge in [0.2, 0.25) is 15.9 Å². The second kappa shape index (κ2) is 8.31. The van der Waals surface area contributed by atoms with Crippen LogP contribution in [0.5, 0.6) is 0 Å². The number of rotatable bonds is 7. The number of anilines is 1. The first-order chi connectivity index (χ1) is 12.2. The average molecular weight is 396 g/mol. The number of carbonyl (C=O) groups is 2. The van der Waals surface area contributed by atoms with Crippen molar-refractivity contribution in [2.45, 2.75) is 24.3 Å². The Labute approximate surface area is 156 Å². The van der Waals surface area contributed by atoms with Gasteiger partial charge in [-0.2, -0.15) is 0 Å². The number of aliphatic carboxylic acids is 1. The molecule has 0 saturated carbocycles. The van der Waals surface area contributed by atoms with Crippen LogP contribution in [0.4, 0.5) is 5.69 Å². The highest BCUT2D eigenvalue weighted by Crippen LogP contribution is 2.16. The number of carboxylic acid groups (broad SMARTS) is 1. The van der Waals surface area contributed by atoms with E-state index in [2.05, 4.69) is 10.0 Å². The Morgan fingerprint density at radius 3 is 2.15 bits per heavy atom. The lowest BCUT2D eigenvalue weighted by Gasteiger charge is -2.20. The molecule has 26 heavy (non-hydrogen) atoms. The fourth-order valence-corrected chi connectivity index (χ4v) is 3.52. The fourth-order valence-electron chi connectivity index (χ4n) is 2.21. The molecule has 0 bridgehead atoms. The van der Waals surface area contributed by atoms with Crippen molar-refractivity contribution >= 4 is 39.2 Å². The molecule has 2 aromatic rings. The predicted molar refractivity (Wildman–Crippen MR) is 95.0 cm³/mol. The maximum Gasteiger partial charge on any atom is 0.241 e. The van der Waals surface area contributed by atoms with Crippen LogP contribution in [0.25, 0.3) is 0 Å². The Balaban J connectivity index is 2.16. The van der Waals surface area contributed by atoms with Crippen LogP contribution in [0.2, 0.25) is 5.02 Å². The van der Waals surface area contributed by atoms with Crippen molar-refractivity contribution in [1.82, 2.24) is 4.72 Å². The van der Waals surface area contributed by atoms with Gasteiger partial charge in [-0.15, -0.1) is 0 Å². The predicted octanol–water partition coefficient (Wildman–Crippen LogP) is 0.938. The van der Waals surface area contributed by atoms with Crippen LogP contribution >= 0.6 is 11.6 Å². The van der Waals surface area contributed by atoms with Crippen LogP contribution in [0.15, 0.2) is 53.4 Å². The second-order valence-corrected chi connectivity index (χ2v) is 7.68. The molecule has 2 aromatic carbocycles. The molecule has 1 unspecified atom stereocenters. The number of amides is 1. The van der Waals surface area contributed by atoms with Crippen molar-refractivity contribution in [1.29, 1.82) is 0 Å². The molecule has 0 saturated heterocycles.